The largest absolute Gasteiger partial charge is 0.497 e. The lowest BCUT2D eigenvalue weighted by Gasteiger charge is -2.37. The average molecular weight is 488 g/mol. The summed E-state index contributed by atoms with van der Waals surface area (Å²) in [4.78, 5) is 14.7. The number of rotatable bonds is 7. The monoisotopic (exact) mass is 487 g/mol. The lowest BCUT2D eigenvalue weighted by molar-refractivity contribution is -0.145. The van der Waals surface area contributed by atoms with Crippen molar-refractivity contribution >= 4 is 11.7 Å². The predicted molar refractivity (Wildman–Crippen MR) is 141 cm³/mol. The predicted octanol–water partition coefficient (Wildman–Crippen LogP) is 6.93. The second-order valence-corrected chi connectivity index (χ2v) is 10.2. The zero-order valence-electron chi connectivity index (χ0n) is 21.5. The fourth-order valence-corrected chi connectivity index (χ4v) is 5.87. The number of carbonyl (C=O) groups is 1. The molecule has 0 radical (unpaired) electrons. The van der Waals surface area contributed by atoms with Crippen LogP contribution in [0.25, 0.3) is 11.1 Å². The summed E-state index contributed by atoms with van der Waals surface area (Å²) in [5, 5.41) is 0. The van der Waals surface area contributed by atoms with Crippen molar-refractivity contribution in [1.82, 2.24) is 0 Å². The van der Waals surface area contributed by atoms with Crippen LogP contribution in [-0.4, -0.2) is 27.2 Å². The molecule has 0 bridgehead atoms. The minimum absolute atomic E-state index is 0.136. The zero-order chi connectivity index (χ0) is 25.4. The van der Waals surface area contributed by atoms with Crippen LogP contribution in [0.3, 0.4) is 0 Å². The molecule has 3 aromatic carbocycles. The Hall–Kier alpha value is -3.34. The number of fused-ring (bicyclic) bond motifs is 1. The van der Waals surface area contributed by atoms with Crippen LogP contribution >= 0.6 is 0 Å². The molecule has 1 saturated carbocycles. The number of halogens is 1. The van der Waals surface area contributed by atoms with Gasteiger partial charge in [-0.15, -0.1) is 0 Å². The van der Waals surface area contributed by atoms with Crippen molar-refractivity contribution in [3.05, 3.63) is 83.2 Å². The molecule has 0 amide bonds. The van der Waals surface area contributed by atoms with Gasteiger partial charge >= 0.3 is 5.97 Å². The third-order valence-electron chi connectivity index (χ3n) is 8.05. The molecule has 3 aromatic rings. The third kappa shape index (κ3) is 4.59. The van der Waals surface area contributed by atoms with Crippen LogP contribution in [0.2, 0.25) is 0 Å². The first-order valence-corrected chi connectivity index (χ1v) is 12.8. The normalized spacial score (nSPS) is 18.8. The van der Waals surface area contributed by atoms with Crippen LogP contribution < -0.4 is 9.64 Å². The number of ether oxygens (including phenoxy) is 2. The van der Waals surface area contributed by atoms with E-state index >= 15 is 0 Å². The smallest absolute Gasteiger partial charge is 0.309 e. The molecule has 188 valence electrons. The Kier molecular flexibility index (Phi) is 6.74. The van der Waals surface area contributed by atoms with Crippen LogP contribution in [0.1, 0.15) is 54.8 Å². The summed E-state index contributed by atoms with van der Waals surface area (Å²) in [6.07, 6.45) is 4.35. The van der Waals surface area contributed by atoms with Gasteiger partial charge in [-0.2, -0.15) is 0 Å². The first kappa shape index (κ1) is 24.4. The van der Waals surface area contributed by atoms with Gasteiger partial charge < -0.3 is 14.4 Å². The van der Waals surface area contributed by atoms with Crippen molar-refractivity contribution in [2.24, 2.45) is 11.8 Å². The molecule has 5 rings (SSSR count). The molecule has 0 spiro atoms. The molecule has 1 fully saturated rings. The summed E-state index contributed by atoms with van der Waals surface area (Å²) in [5.74, 6) is 0.824. The van der Waals surface area contributed by atoms with E-state index in [0.717, 1.165) is 18.4 Å². The van der Waals surface area contributed by atoms with Crippen molar-refractivity contribution < 1.29 is 18.7 Å². The van der Waals surface area contributed by atoms with Gasteiger partial charge in [-0.3, -0.25) is 4.79 Å². The molecule has 0 unspecified atom stereocenters. The molecule has 2 aliphatic rings. The molecule has 0 saturated heterocycles. The maximum Gasteiger partial charge on any atom is 0.309 e. The van der Waals surface area contributed by atoms with E-state index < -0.39 is 0 Å². The number of esters is 1. The van der Waals surface area contributed by atoms with Crippen molar-refractivity contribution in [1.29, 1.82) is 0 Å². The number of hydrogen-bond donors (Lipinski definition) is 0. The van der Waals surface area contributed by atoms with Crippen LogP contribution in [-0.2, 0) is 16.0 Å². The number of benzene rings is 3. The minimum atomic E-state index is -0.258. The Morgan fingerprint density at radius 1 is 1.00 bits per heavy atom. The molecule has 0 aromatic heterocycles. The van der Waals surface area contributed by atoms with E-state index in [-0.39, 0.29) is 29.7 Å². The van der Waals surface area contributed by atoms with Crippen molar-refractivity contribution in [3.8, 4) is 16.9 Å². The SMILES string of the molecule is COC(=O)[C@@H](C)[C@H](c1ccc2c(c1)N(C)[C@@H](c1ccc(-c3cc(OC)ccc3F)cc1)CC2)C1CC1. The van der Waals surface area contributed by atoms with Crippen LogP contribution in [0, 0.1) is 17.7 Å². The number of methoxy groups -OCH3 is 2. The van der Waals surface area contributed by atoms with Crippen molar-refractivity contribution in [2.45, 2.75) is 44.6 Å². The fraction of sp³-hybridized carbons (Fsp3) is 0.387. The molecule has 36 heavy (non-hydrogen) atoms. The van der Waals surface area contributed by atoms with Gasteiger partial charge in [0.2, 0.25) is 0 Å². The zero-order valence-corrected chi connectivity index (χ0v) is 21.5. The van der Waals surface area contributed by atoms with E-state index in [1.54, 1.807) is 19.2 Å². The highest BCUT2D eigenvalue weighted by Gasteiger charge is 2.39. The highest BCUT2D eigenvalue weighted by atomic mass is 19.1. The summed E-state index contributed by atoms with van der Waals surface area (Å²) < 4.78 is 24.8. The summed E-state index contributed by atoms with van der Waals surface area (Å²) in [5.41, 5.74) is 6.38. The first-order chi connectivity index (χ1) is 17.4. The number of hydrogen-bond acceptors (Lipinski definition) is 4. The molecular weight excluding hydrogens is 453 g/mol. The van der Waals surface area contributed by atoms with Gasteiger partial charge in [-0.05, 0) is 84.0 Å². The lowest BCUT2D eigenvalue weighted by Crippen LogP contribution is -2.30. The standard InChI is InChI=1S/C31H34FNO3/c1-19(31(34)36-4)30(23-10-11-23)24-12-9-22-13-16-28(33(2)29(22)17-24)21-7-5-20(6-8-21)26-18-25(35-3)14-15-27(26)32/h5-9,12,14-15,17-19,23,28,30H,10-11,13,16H2,1-4H3/t19-,28+,30-/m0/s1. The second-order valence-electron chi connectivity index (χ2n) is 10.2. The highest BCUT2D eigenvalue weighted by Crippen LogP contribution is 2.48. The van der Waals surface area contributed by atoms with Gasteiger partial charge in [0.15, 0.2) is 0 Å². The summed E-state index contributed by atoms with van der Waals surface area (Å²) in [6, 6.07) is 20.0. The van der Waals surface area contributed by atoms with Crippen LogP contribution in [0.4, 0.5) is 10.1 Å². The Morgan fingerprint density at radius 3 is 2.42 bits per heavy atom. The molecule has 4 nitrogen and oxygen atoms in total. The van der Waals surface area contributed by atoms with E-state index in [1.807, 2.05) is 19.1 Å². The lowest BCUT2D eigenvalue weighted by atomic mass is 9.81. The molecule has 3 atom stereocenters. The Bertz CT molecular complexity index is 1250. The quantitative estimate of drug-likeness (QED) is 0.339. The van der Waals surface area contributed by atoms with Gasteiger partial charge in [-0.25, -0.2) is 4.39 Å². The average Bonchev–Trinajstić information content (AvgIpc) is 3.74. The molecule has 5 heteroatoms. The number of carbonyl (C=O) groups excluding carboxylic acids is 1. The van der Waals surface area contributed by atoms with E-state index in [0.29, 0.717) is 17.2 Å². The van der Waals surface area contributed by atoms with Crippen LogP contribution in [0.15, 0.2) is 60.7 Å². The van der Waals surface area contributed by atoms with Gasteiger partial charge in [-0.1, -0.05) is 43.3 Å². The Labute approximate surface area is 213 Å². The van der Waals surface area contributed by atoms with Crippen molar-refractivity contribution in [2.75, 3.05) is 26.2 Å². The maximum absolute atomic E-state index is 14.5. The Morgan fingerprint density at radius 2 is 1.75 bits per heavy atom. The van der Waals surface area contributed by atoms with E-state index in [4.69, 9.17) is 9.47 Å². The number of aryl methyl sites for hydroxylation is 1. The van der Waals surface area contributed by atoms with Crippen molar-refractivity contribution in [3.63, 3.8) is 0 Å². The molecule has 0 N–H and O–H groups in total. The van der Waals surface area contributed by atoms with Crippen LogP contribution in [0.5, 0.6) is 5.75 Å². The molecular formula is C31H34FNO3. The van der Waals surface area contributed by atoms with E-state index in [2.05, 4.69) is 42.3 Å². The Balaban J connectivity index is 1.41. The minimum Gasteiger partial charge on any atom is -0.497 e. The number of nitrogens with zero attached hydrogens (tertiary/aromatic N) is 1. The maximum atomic E-state index is 14.5. The van der Waals surface area contributed by atoms with E-state index in [1.165, 1.54) is 48.4 Å². The first-order valence-electron chi connectivity index (χ1n) is 12.8. The van der Waals surface area contributed by atoms with Gasteiger partial charge in [0.25, 0.3) is 0 Å². The van der Waals surface area contributed by atoms with Gasteiger partial charge in [0.1, 0.15) is 11.6 Å². The highest BCUT2D eigenvalue weighted by molar-refractivity contribution is 5.74. The summed E-state index contributed by atoms with van der Waals surface area (Å²) in [6.45, 7) is 1.99. The summed E-state index contributed by atoms with van der Waals surface area (Å²) in [7, 11) is 5.21. The van der Waals surface area contributed by atoms with Gasteiger partial charge in [0, 0.05) is 18.3 Å². The fourth-order valence-electron chi connectivity index (χ4n) is 5.87. The molecule has 1 aliphatic heterocycles. The molecule has 1 aliphatic carbocycles. The summed E-state index contributed by atoms with van der Waals surface area (Å²) >= 11 is 0. The second kappa shape index (κ2) is 9.96. The molecule has 1 heterocycles. The number of anilines is 1. The topological polar surface area (TPSA) is 38.8 Å². The van der Waals surface area contributed by atoms with Gasteiger partial charge in [0.05, 0.1) is 26.2 Å². The van der Waals surface area contributed by atoms with E-state index in [9.17, 15) is 9.18 Å². The third-order valence-corrected chi connectivity index (χ3v) is 8.05.